The fourth-order valence-electron chi connectivity index (χ4n) is 3.06. The van der Waals surface area contributed by atoms with Gasteiger partial charge in [0, 0.05) is 17.7 Å². The summed E-state index contributed by atoms with van der Waals surface area (Å²) in [4.78, 5) is 24.6. The van der Waals surface area contributed by atoms with Crippen molar-refractivity contribution >= 4 is 17.8 Å². The van der Waals surface area contributed by atoms with Crippen LogP contribution >= 0.6 is 0 Å². The summed E-state index contributed by atoms with van der Waals surface area (Å²) in [7, 11) is 4.56. The Morgan fingerprint density at radius 3 is 2.35 bits per heavy atom. The Labute approximate surface area is 180 Å². The summed E-state index contributed by atoms with van der Waals surface area (Å²) in [6, 6.07) is 8.13. The summed E-state index contributed by atoms with van der Waals surface area (Å²) < 4.78 is 32.3. The number of benzene rings is 2. The van der Waals surface area contributed by atoms with E-state index in [9.17, 15) is 9.59 Å². The van der Waals surface area contributed by atoms with Crippen molar-refractivity contribution in [2.24, 2.45) is 0 Å². The molecular formula is C23H24O8. The van der Waals surface area contributed by atoms with Crippen molar-refractivity contribution < 1.29 is 38.0 Å². The van der Waals surface area contributed by atoms with Gasteiger partial charge in [-0.2, -0.15) is 0 Å². The summed E-state index contributed by atoms with van der Waals surface area (Å²) in [6.45, 7) is 3.58. The predicted octanol–water partition coefficient (Wildman–Crippen LogP) is 3.66. The van der Waals surface area contributed by atoms with E-state index < -0.39 is 12.1 Å². The fourth-order valence-corrected chi connectivity index (χ4v) is 3.06. The highest BCUT2D eigenvalue weighted by molar-refractivity contribution is 6.14. The van der Waals surface area contributed by atoms with E-state index in [1.54, 1.807) is 50.3 Å². The molecular weight excluding hydrogens is 404 g/mol. The predicted molar refractivity (Wildman–Crippen MR) is 112 cm³/mol. The van der Waals surface area contributed by atoms with Gasteiger partial charge in [0.1, 0.15) is 17.2 Å². The first-order valence-corrected chi connectivity index (χ1v) is 9.63. The third kappa shape index (κ3) is 4.58. The van der Waals surface area contributed by atoms with Crippen LogP contribution in [0.5, 0.6) is 28.7 Å². The average molecular weight is 428 g/mol. The van der Waals surface area contributed by atoms with E-state index in [1.807, 2.05) is 0 Å². The maximum Gasteiger partial charge on any atom is 0.347 e. The molecule has 164 valence electrons. The van der Waals surface area contributed by atoms with Gasteiger partial charge < -0.3 is 28.4 Å². The van der Waals surface area contributed by atoms with Gasteiger partial charge >= 0.3 is 5.97 Å². The monoisotopic (exact) mass is 428 g/mol. The van der Waals surface area contributed by atoms with E-state index in [-0.39, 0.29) is 18.1 Å². The molecule has 1 heterocycles. The molecule has 0 saturated carbocycles. The molecule has 0 unspecified atom stereocenters. The maximum absolute atomic E-state index is 12.8. The highest BCUT2D eigenvalue weighted by atomic mass is 16.6. The largest absolute Gasteiger partial charge is 0.496 e. The summed E-state index contributed by atoms with van der Waals surface area (Å²) in [6.07, 6.45) is 0.784. The SMILES string of the molecule is CCOC(=O)[C@H](C)Oc1ccc2c(c1)OC(=Cc1cc(OC)c(OC)cc1OC)C2=O. The number of carbonyl (C=O) groups excluding carboxylic acids is 2. The van der Waals surface area contributed by atoms with Gasteiger partial charge in [-0.05, 0) is 38.1 Å². The molecule has 0 radical (unpaired) electrons. The molecule has 0 amide bonds. The number of hydrogen-bond acceptors (Lipinski definition) is 8. The van der Waals surface area contributed by atoms with Crippen LogP contribution in [0.1, 0.15) is 29.8 Å². The molecule has 3 rings (SSSR count). The first-order chi connectivity index (χ1) is 14.9. The highest BCUT2D eigenvalue weighted by Crippen LogP contribution is 2.39. The lowest BCUT2D eigenvalue weighted by molar-refractivity contribution is -0.150. The molecule has 0 saturated heterocycles. The van der Waals surface area contributed by atoms with Gasteiger partial charge in [0.2, 0.25) is 5.78 Å². The first-order valence-electron chi connectivity index (χ1n) is 9.63. The second-order valence-electron chi connectivity index (χ2n) is 6.56. The number of hydrogen-bond donors (Lipinski definition) is 0. The summed E-state index contributed by atoms with van der Waals surface area (Å²) in [5.74, 6) is 1.57. The molecule has 2 aromatic rings. The lowest BCUT2D eigenvalue weighted by Gasteiger charge is -2.13. The molecule has 2 aromatic carbocycles. The van der Waals surface area contributed by atoms with E-state index in [0.29, 0.717) is 39.9 Å². The van der Waals surface area contributed by atoms with Crippen molar-refractivity contribution in [3.63, 3.8) is 0 Å². The average Bonchev–Trinajstić information content (AvgIpc) is 3.08. The van der Waals surface area contributed by atoms with Crippen molar-refractivity contribution in [3.05, 3.63) is 47.2 Å². The number of esters is 1. The molecule has 31 heavy (non-hydrogen) atoms. The molecule has 0 fully saturated rings. The van der Waals surface area contributed by atoms with Gasteiger partial charge in [0.25, 0.3) is 0 Å². The van der Waals surface area contributed by atoms with Crippen LogP contribution in [0.4, 0.5) is 0 Å². The minimum atomic E-state index is -0.791. The molecule has 8 nitrogen and oxygen atoms in total. The first kappa shape index (κ1) is 22.0. The van der Waals surface area contributed by atoms with E-state index >= 15 is 0 Å². The second kappa shape index (κ2) is 9.42. The lowest BCUT2D eigenvalue weighted by atomic mass is 10.1. The number of carbonyl (C=O) groups is 2. The van der Waals surface area contributed by atoms with E-state index in [2.05, 4.69) is 0 Å². The number of allylic oxidation sites excluding steroid dienone is 1. The fraction of sp³-hybridized carbons (Fsp3) is 0.304. The topological polar surface area (TPSA) is 89.5 Å². The van der Waals surface area contributed by atoms with Gasteiger partial charge in [-0.15, -0.1) is 0 Å². The van der Waals surface area contributed by atoms with Crippen molar-refractivity contribution in [3.8, 4) is 28.7 Å². The van der Waals surface area contributed by atoms with Crippen LogP contribution in [0.2, 0.25) is 0 Å². The third-order valence-corrected chi connectivity index (χ3v) is 4.60. The van der Waals surface area contributed by atoms with Crippen molar-refractivity contribution in [1.82, 2.24) is 0 Å². The van der Waals surface area contributed by atoms with E-state index in [0.717, 1.165) is 0 Å². The smallest absolute Gasteiger partial charge is 0.347 e. The molecule has 1 aliphatic heterocycles. The maximum atomic E-state index is 12.8. The van der Waals surface area contributed by atoms with Gasteiger partial charge in [-0.25, -0.2) is 4.79 Å². The van der Waals surface area contributed by atoms with Crippen LogP contribution < -0.4 is 23.7 Å². The Bertz CT molecular complexity index is 1020. The molecule has 1 atom stereocenters. The number of ketones is 1. The van der Waals surface area contributed by atoms with Gasteiger partial charge in [0.15, 0.2) is 23.4 Å². The molecule has 1 aliphatic rings. The van der Waals surface area contributed by atoms with Crippen molar-refractivity contribution in [2.45, 2.75) is 20.0 Å². The highest BCUT2D eigenvalue weighted by Gasteiger charge is 2.29. The molecule has 0 bridgehead atoms. The number of ether oxygens (including phenoxy) is 6. The zero-order valence-electron chi connectivity index (χ0n) is 18.0. The summed E-state index contributed by atoms with van der Waals surface area (Å²) in [5, 5.41) is 0. The number of rotatable bonds is 8. The number of methoxy groups -OCH3 is 3. The quantitative estimate of drug-likeness (QED) is 0.465. The zero-order chi connectivity index (χ0) is 22.5. The third-order valence-electron chi connectivity index (χ3n) is 4.60. The Morgan fingerprint density at radius 1 is 1.03 bits per heavy atom. The Kier molecular flexibility index (Phi) is 6.69. The van der Waals surface area contributed by atoms with Gasteiger partial charge in [0.05, 0.1) is 33.5 Å². The Morgan fingerprint density at radius 2 is 1.71 bits per heavy atom. The zero-order valence-corrected chi connectivity index (χ0v) is 18.0. The Balaban J connectivity index is 1.87. The molecule has 0 aliphatic carbocycles. The summed E-state index contributed by atoms with van der Waals surface area (Å²) >= 11 is 0. The minimum Gasteiger partial charge on any atom is -0.496 e. The van der Waals surface area contributed by atoms with Crippen LogP contribution in [-0.4, -0.2) is 45.8 Å². The number of fused-ring (bicyclic) bond motifs is 1. The van der Waals surface area contributed by atoms with Gasteiger partial charge in [-0.3, -0.25) is 4.79 Å². The standard InChI is InChI=1S/C23H24O8/c1-6-29-23(25)13(2)30-15-7-8-16-18(11-15)31-21(22(16)24)10-14-9-19(27-4)20(28-5)12-17(14)26-3/h7-13H,6H2,1-5H3/t13-/m0/s1. The minimum absolute atomic E-state index is 0.121. The normalized spacial score (nSPS) is 14.5. The van der Waals surface area contributed by atoms with Crippen molar-refractivity contribution in [2.75, 3.05) is 27.9 Å². The molecule has 0 spiro atoms. The van der Waals surface area contributed by atoms with Crippen LogP contribution in [0.25, 0.3) is 6.08 Å². The molecule has 0 aromatic heterocycles. The van der Waals surface area contributed by atoms with Crippen LogP contribution in [0.15, 0.2) is 36.1 Å². The molecule has 0 N–H and O–H groups in total. The van der Waals surface area contributed by atoms with Gasteiger partial charge in [-0.1, -0.05) is 0 Å². The Hall–Kier alpha value is -3.68. The van der Waals surface area contributed by atoms with Crippen LogP contribution in [0, 0.1) is 0 Å². The van der Waals surface area contributed by atoms with Crippen LogP contribution in [0.3, 0.4) is 0 Å². The van der Waals surface area contributed by atoms with Crippen molar-refractivity contribution in [1.29, 1.82) is 0 Å². The molecule has 8 heteroatoms. The van der Waals surface area contributed by atoms with E-state index in [4.69, 9.17) is 28.4 Å². The number of Topliss-reactive ketones (excluding diaryl/α,β-unsaturated/α-hetero) is 1. The lowest BCUT2D eigenvalue weighted by Crippen LogP contribution is -2.26. The van der Waals surface area contributed by atoms with Crippen LogP contribution in [-0.2, 0) is 9.53 Å². The second-order valence-corrected chi connectivity index (χ2v) is 6.56. The van der Waals surface area contributed by atoms with E-state index in [1.165, 1.54) is 21.3 Å². The summed E-state index contributed by atoms with van der Waals surface area (Å²) in [5.41, 5.74) is 0.977.